The largest absolute Gasteiger partial charge is 0.144 e. The summed E-state index contributed by atoms with van der Waals surface area (Å²) in [5.74, 6) is 0. The lowest BCUT2D eigenvalue weighted by atomic mass is 10.0. The molecule has 0 saturated carbocycles. The van der Waals surface area contributed by atoms with Crippen LogP contribution in [-0.2, 0) is 0 Å². The molecule has 3 aromatic carbocycles. The SMILES string of the molecule is c1ccc2cc3cc4sccc4cc3cc2c1. The van der Waals surface area contributed by atoms with E-state index in [4.69, 9.17) is 0 Å². The Hall–Kier alpha value is -1.86. The van der Waals surface area contributed by atoms with Gasteiger partial charge in [0.25, 0.3) is 0 Å². The van der Waals surface area contributed by atoms with Gasteiger partial charge in [0.15, 0.2) is 0 Å². The normalized spacial score (nSPS) is 11.5. The fraction of sp³-hybridized carbons (Fsp3) is 0. The van der Waals surface area contributed by atoms with E-state index in [2.05, 4.69) is 60.0 Å². The Bertz CT molecular complexity index is 771. The fourth-order valence-corrected chi connectivity index (χ4v) is 3.22. The molecule has 0 spiro atoms. The number of benzene rings is 3. The van der Waals surface area contributed by atoms with Crippen molar-refractivity contribution in [1.82, 2.24) is 0 Å². The molecule has 0 aliphatic rings. The lowest BCUT2D eigenvalue weighted by Crippen LogP contribution is -1.75. The molecule has 0 nitrogen and oxygen atoms in total. The summed E-state index contributed by atoms with van der Waals surface area (Å²) in [7, 11) is 0. The van der Waals surface area contributed by atoms with Crippen molar-refractivity contribution in [2.75, 3.05) is 0 Å². The van der Waals surface area contributed by atoms with Gasteiger partial charge in [-0.05, 0) is 62.6 Å². The highest BCUT2D eigenvalue weighted by molar-refractivity contribution is 7.17. The summed E-state index contributed by atoms with van der Waals surface area (Å²) >= 11 is 1.81. The Balaban J connectivity index is 2.23. The summed E-state index contributed by atoms with van der Waals surface area (Å²) in [5, 5.41) is 8.79. The van der Waals surface area contributed by atoms with Gasteiger partial charge in [-0.3, -0.25) is 0 Å². The van der Waals surface area contributed by atoms with Gasteiger partial charge in [-0.15, -0.1) is 11.3 Å². The molecule has 0 bridgehead atoms. The molecule has 1 heteroatoms. The molecule has 1 aromatic heterocycles. The quantitative estimate of drug-likeness (QED) is 0.366. The number of hydrogen-bond acceptors (Lipinski definition) is 1. The maximum atomic E-state index is 2.29. The van der Waals surface area contributed by atoms with Crippen molar-refractivity contribution in [3.8, 4) is 0 Å². The second kappa shape index (κ2) is 3.31. The van der Waals surface area contributed by atoms with E-state index in [-0.39, 0.29) is 0 Å². The van der Waals surface area contributed by atoms with E-state index in [0.717, 1.165) is 0 Å². The first-order valence-corrected chi connectivity index (χ1v) is 6.58. The zero-order valence-electron chi connectivity index (χ0n) is 9.18. The van der Waals surface area contributed by atoms with Crippen molar-refractivity contribution in [3.05, 3.63) is 60.0 Å². The van der Waals surface area contributed by atoms with Gasteiger partial charge in [-0.25, -0.2) is 0 Å². The number of thiophene rings is 1. The third-order valence-electron chi connectivity index (χ3n) is 3.28. The first kappa shape index (κ1) is 9.20. The van der Waals surface area contributed by atoms with E-state index in [9.17, 15) is 0 Å². The van der Waals surface area contributed by atoms with Gasteiger partial charge in [0.1, 0.15) is 0 Å². The fourth-order valence-electron chi connectivity index (χ4n) is 2.40. The highest BCUT2D eigenvalue weighted by Gasteiger charge is 2.01. The van der Waals surface area contributed by atoms with Crippen LogP contribution in [-0.4, -0.2) is 0 Å². The minimum atomic E-state index is 1.31. The molecule has 0 radical (unpaired) electrons. The molecule has 80 valence electrons. The number of hydrogen-bond donors (Lipinski definition) is 0. The third kappa shape index (κ3) is 1.36. The van der Waals surface area contributed by atoms with E-state index in [1.807, 2.05) is 11.3 Å². The molecule has 0 N–H and O–H groups in total. The molecule has 4 rings (SSSR count). The van der Waals surface area contributed by atoms with E-state index >= 15 is 0 Å². The average molecular weight is 234 g/mol. The maximum Gasteiger partial charge on any atom is 0.0349 e. The first-order valence-electron chi connectivity index (χ1n) is 5.70. The minimum absolute atomic E-state index is 1.31. The van der Waals surface area contributed by atoms with Gasteiger partial charge in [0.05, 0.1) is 0 Å². The molecule has 1 heterocycles. The minimum Gasteiger partial charge on any atom is -0.144 e. The summed E-state index contributed by atoms with van der Waals surface area (Å²) in [5.41, 5.74) is 0. The Labute approximate surface area is 103 Å². The third-order valence-corrected chi connectivity index (χ3v) is 4.16. The van der Waals surface area contributed by atoms with Crippen molar-refractivity contribution < 1.29 is 0 Å². The summed E-state index contributed by atoms with van der Waals surface area (Å²) in [6.45, 7) is 0. The van der Waals surface area contributed by atoms with Crippen LogP contribution in [0.3, 0.4) is 0 Å². The van der Waals surface area contributed by atoms with Gasteiger partial charge in [0, 0.05) is 4.70 Å². The first-order chi connectivity index (χ1) is 8.40. The van der Waals surface area contributed by atoms with Crippen LogP contribution in [0.15, 0.2) is 60.0 Å². The summed E-state index contributed by atoms with van der Waals surface area (Å²) in [6, 6.07) is 19.9. The highest BCUT2D eigenvalue weighted by Crippen LogP contribution is 2.29. The topological polar surface area (TPSA) is 0 Å². The standard InChI is InChI=1S/C16H10S/c1-2-4-12-8-15-10-16-13(5-6-17-16)9-14(15)7-11(12)3-1/h1-10H. The van der Waals surface area contributed by atoms with Crippen LogP contribution in [0.5, 0.6) is 0 Å². The van der Waals surface area contributed by atoms with Gasteiger partial charge < -0.3 is 0 Å². The van der Waals surface area contributed by atoms with Crippen molar-refractivity contribution in [3.63, 3.8) is 0 Å². The van der Waals surface area contributed by atoms with Crippen LogP contribution in [0.1, 0.15) is 0 Å². The Morgan fingerprint density at radius 2 is 1.24 bits per heavy atom. The maximum absolute atomic E-state index is 2.29. The van der Waals surface area contributed by atoms with Gasteiger partial charge in [0.2, 0.25) is 0 Å². The Morgan fingerprint density at radius 3 is 2.00 bits per heavy atom. The second-order valence-corrected chi connectivity index (χ2v) is 5.30. The number of fused-ring (bicyclic) bond motifs is 3. The molecule has 0 unspecified atom stereocenters. The molecule has 0 saturated heterocycles. The van der Waals surface area contributed by atoms with Crippen molar-refractivity contribution in [2.24, 2.45) is 0 Å². The van der Waals surface area contributed by atoms with Crippen LogP contribution < -0.4 is 0 Å². The van der Waals surface area contributed by atoms with Gasteiger partial charge in [-0.2, -0.15) is 0 Å². The van der Waals surface area contributed by atoms with Crippen LogP contribution in [0.25, 0.3) is 31.6 Å². The average Bonchev–Trinajstić information content (AvgIpc) is 2.80. The molecule has 0 fully saturated rings. The molecular formula is C16H10S. The summed E-state index contributed by atoms with van der Waals surface area (Å²) in [6.07, 6.45) is 0. The smallest absolute Gasteiger partial charge is 0.0349 e. The van der Waals surface area contributed by atoms with E-state index < -0.39 is 0 Å². The molecule has 17 heavy (non-hydrogen) atoms. The van der Waals surface area contributed by atoms with Gasteiger partial charge in [-0.1, -0.05) is 24.3 Å². The molecule has 0 amide bonds. The molecule has 0 atom stereocenters. The van der Waals surface area contributed by atoms with Crippen molar-refractivity contribution in [1.29, 1.82) is 0 Å². The zero-order chi connectivity index (χ0) is 11.2. The molecular weight excluding hydrogens is 224 g/mol. The Kier molecular flexibility index (Phi) is 1.79. The molecule has 4 aromatic rings. The zero-order valence-corrected chi connectivity index (χ0v) is 10.00. The number of rotatable bonds is 0. The van der Waals surface area contributed by atoms with Crippen LogP contribution in [0, 0.1) is 0 Å². The molecule has 0 aliphatic heterocycles. The lowest BCUT2D eigenvalue weighted by molar-refractivity contribution is 1.80. The van der Waals surface area contributed by atoms with E-state index in [1.165, 1.54) is 31.6 Å². The van der Waals surface area contributed by atoms with E-state index in [1.54, 1.807) is 0 Å². The predicted octanol–water partition coefficient (Wildman–Crippen LogP) is 5.21. The summed E-state index contributed by atoms with van der Waals surface area (Å²) < 4.78 is 1.37. The van der Waals surface area contributed by atoms with Crippen LogP contribution >= 0.6 is 11.3 Å². The molecule has 0 aliphatic carbocycles. The summed E-state index contributed by atoms with van der Waals surface area (Å²) in [4.78, 5) is 0. The predicted molar refractivity (Wildman–Crippen MR) is 76.8 cm³/mol. The Morgan fingerprint density at radius 1 is 0.588 bits per heavy atom. The van der Waals surface area contributed by atoms with Crippen LogP contribution in [0.4, 0.5) is 0 Å². The van der Waals surface area contributed by atoms with Crippen molar-refractivity contribution in [2.45, 2.75) is 0 Å². The monoisotopic (exact) mass is 234 g/mol. The highest BCUT2D eigenvalue weighted by atomic mass is 32.1. The van der Waals surface area contributed by atoms with Crippen molar-refractivity contribution >= 4 is 43.0 Å². The van der Waals surface area contributed by atoms with Crippen LogP contribution in [0.2, 0.25) is 0 Å². The lowest BCUT2D eigenvalue weighted by Gasteiger charge is -2.02. The second-order valence-electron chi connectivity index (χ2n) is 4.36. The van der Waals surface area contributed by atoms with Gasteiger partial charge >= 0.3 is 0 Å². The van der Waals surface area contributed by atoms with E-state index in [0.29, 0.717) is 0 Å².